The maximum absolute atomic E-state index is 12.8. The van der Waals surface area contributed by atoms with Crippen LogP contribution >= 0.6 is 22.6 Å². The SMILES string of the molecule is CC1(I)CCCCCC(C(=O)NCc2ccc3c(c2)-n2cnnc2CO3)CC1. The van der Waals surface area contributed by atoms with Gasteiger partial charge in [-0.3, -0.25) is 9.36 Å². The highest BCUT2D eigenvalue weighted by atomic mass is 127. The van der Waals surface area contributed by atoms with Gasteiger partial charge in [-0.2, -0.15) is 0 Å². The highest BCUT2D eigenvalue weighted by Gasteiger charge is 2.26. The smallest absolute Gasteiger partial charge is 0.223 e. The van der Waals surface area contributed by atoms with Crippen LogP contribution in [0, 0.1) is 5.92 Å². The number of aromatic nitrogens is 3. The molecule has 2 aliphatic rings. The minimum absolute atomic E-state index is 0.123. The molecule has 0 bridgehead atoms. The van der Waals surface area contributed by atoms with E-state index in [0.29, 0.717) is 16.6 Å². The second-order valence-electron chi connectivity index (χ2n) is 8.17. The Morgan fingerprint density at radius 2 is 2.21 bits per heavy atom. The van der Waals surface area contributed by atoms with Crippen molar-refractivity contribution in [2.75, 3.05) is 0 Å². The standard InChI is InChI=1S/C21H27IN4O2/c1-21(22)9-4-2-3-5-16(8-10-21)20(27)23-12-15-6-7-18-17(11-15)26-14-24-25-19(26)13-28-18/h6-7,11,14,16H,2-5,8-10,12-13H2,1H3,(H,23,27). The highest BCUT2D eigenvalue weighted by molar-refractivity contribution is 14.1. The third kappa shape index (κ3) is 4.50. The summed E-state index contributed by atoms with van der Waals surface area (Å²) in [6, 6.07) is 6.02. The molecule has 150 valence electrons. The summed E-state index contributed by atoms with van der Waals surface area (Å²) in [5.41, 5.74) is 1.99. The van der Waals surface area contributed by atoms with E-state index < -0.39 is 0 Å². The molecule has 1 N–H and O–H groups in total. The van der Waals surface area contributed by atoms with Crippen LogP contribution in [0.25, 0.3) is 5.69 Å². The quantitative estimate of drug-likeness (QED) is 0.510. The van der Waals surface area contributed by atoms with Crippen molar-refractivity contribution < 1.29 is 9.53 Å². The van der Waals surface area contributed by atoms with E-state index in [2.05, 4.69) is 45.0 Å². The van der Waals surface area contributed by atoms with E-state index in [4.69, 9.17) is 4.74 Å². The number of carbonyl (C=O) groups is 1. The predicted octanol–water partition coefficient (Wildman–Crippen LogP) is 4.33. The molecule has 2 atom stereocenters. The number of rotatable bonds is 3. The Kier molecular flexibility index (Phi) is 5.89. The van der Waals surface area contributed by atoms with Crippen LogP contribution < -0.4 is 10.1 Å². The number of hydrogen-bond acceptors (Lipinski definition) is 4. The summed E-state index contributed by atoms with van der Waals surface area (Å²) in [7, 11) is 0. The first-order valence-electron chi connectivity index (χ1n) is 10.1. The molecule has 1 amide bonds. The first-order valence-corrected chi connectivity index (χ1v) is 11.2. The van der Waals surface area contributed by atoms with E-state index >= 15 is 0 Å². The fourth-order valence-electron chi connectivity index (χ4n) is 4.09. The van der Waals surface area contributed by atoms with Crippen LogP contribution in [0.4, 0.5) is 0 Å². The van der Waals surface area contributed by atoms with Gasteiger partial charge >= 0.3 is 0 Å². The number of nitrogens with zero attached hydrogens (tertiary/aromatic N) is 3. The lowest BCUT2D eigenvalue weighted by Crippen LogP contribution is -2.31. The number of carbonyl (C=O) groups excluding carboxylic acids is 1. The van der Waals surface area contributed by atoms with Crippen molar-refractivity contribution in [1.29, 1.82) is 0 Å². The van der Waals surface area contributed by atoms with Crippen LogP contribution in [0.2, 0.25) is 0 Å². The number of nitrogens with one attached hydrogen (secondary N) is 1. The highest BCUT2D eigenvalue weighted by Crippen LogP contribution is 2.35. The molecule has 1 aliphatic heterocycles. The van der Waals surface area contributed by atoms with Crippen LogP contribution in [-0.4, -0.2) is 24.1 Å². The van der Waals surface area contributed by atoms with Crippen LogP contribution in [0.3, 0.4) is 0 Å². The topological polar surface area (TPSA) is 69.0 Å². The summed E-state index contributed by atoms with van der Waals surface area (Å²) >= 11 is 2.58. The number of benzene rings is 1. The normalized spacial score (nSPS) is 24.7. The Hall–Kier alpha value is -1.64. The Morgan fingerprint density at radius 3 is 3.11 bits per heavy atom. The third-order valence-corrected chi connectivity index (χ3v) is 6.94. The van der Waals surface area contributed by atoms with Gasteiger partial charge in [-0.25, -0.2) is 0 Å². The van der Waals surface area contributed by atoms with Crippen LogP contribution in [0.5, 0.6) is 5.75 Å². The molecule has 0 radical (unpaired) electrons. The van der Waals surface area contributed by atoms with Gasteiger partial charge in [0.1, 0.15) is 18.7 Å². The number of hydrogen-bond donors (Lipinski definition) is 1. The van der Waals surface area contributed by atoms with Gasteiger partial charge in [0, 0.05) is 15.9 Å². The number of alkyl halides is 1. The zero-order valence-corrected chi connectivity index (χ0v) is 18.4. The predicted molar refractivity (Wildman–Crippen MR) is 116 cm³/mol. The summed E-state index contributed by atoms with van der Waals surface area (Å²) in [5, 5.41) is 11.2. The lowest BCUT2D eigenvalue weighted by molar-refractivity contribution is -0.125. The molecule has 1 fully saturated rings. The first kappa shape index (κ1) is 19.7. The monoisotopic (exact) mass is 494 g/mol. The molecule has 4 rings (SSSR count). The second kappa shape index (κ2) is 8.39. The average Bonchev–Trinajstić information content (AvgIpc) is 3.19. The minimum atomic E-state index is 0.123. The fourth-order valence-corrected chi connectivity index (χ4v) is 4.78. The summed E-state index contributed by atoms with van der Waals surface area (Å²) in [4.78, 5) is 12.8. The molecule has 28 heavy (non-hydrogen) atoms. The lowest BCUT2D eigenvalue weighted by atomic mass is 9.93. The Balaban J connectivity index is 1.40. The van der Waals surface area contributed by atoms with Crippen molar-refractivity contribution in [2.45, 2.75) is 68.4 Å². The first-order chi connectivity index (χ1) is 13.5. The van der Waals surface area contributed by atoms with Gasteiger partial charge in [0.05, 0.1) is 5.69 Å². The molecule has 0 saturated heterocycles. The van der Waals surface area contributed by atoms with E-state index in [-0.39, 0.29) is 11.8 Å². The molecule has 2 aromatic rings. The summed E-state index contributed by atoms with van der Waals surface area (Å²) < 4.78 is 7.99. The van der Waals surface area contributed by atoms with Crippen molar-refractivity contribution in [1.82, 2.24) is 20.1 Å². The van der Waals surface area contributed by atoms with E-state index in [1.165, 1.54) is 19.3 Å². The number of fused-ring (bicyclic) bond motifs is 3. The van der Waals surface area contributed by atoms with Crippen LogP contribution in [0.15, 0.2) is 24.5 Å². The number of halogens is 1. The second-order valence-corrected chi connectivity index (χ2v) is 10.8. The molecule has 1 saturated carbocycles. The number of ether oxygens (including phenoxy) is 1. The van der Waals surface area contributed by atoms with Crippen LogP contribution in [0.1, 0.15) is 63.3 Å². The van der Waals surface area contributed by atoms with Gasteiger partial charge in [-0.15, -0.1) is 10.2 Å². The van der Waals surface area contributed by atoms with Gasteiger partial charge in [0.25, 0.3) is 0 Å². The summed E-state index contributed by atoms with van der Waals surface area (Å²) in [6.45, 7) is 3.28. The minimum Gasteiger partial charge on any atom is -0.483 e. The van der Waals surface area contributed by atoms with E-state index in [1.54, 1.807) is 6.33 Å². The van der Waals surface area contributed by atoms with Gasteiger partial charge < -0.3 is 10.1 Å². The zero-order chi connectivity index (χ0) is 19.6. The molecule has 2 heterocycles. The van der Waals surface area contributed by atoms with Crippen molar-refractivity contribution in [3.63, 3.8) is 0 Å². The molecule has 7 heteroatoms. The Morgan fingerprint density at radius 1 is 1.32 bits per heavy atom. The maximum Gasteiger partial charge on any atom is 0.223 e. The summed E-state index contributed by atoms with van der Waals surface area (Å²) in [5.74, 6) is 1.92. The molecule has 0 spiro atoms. The zero-order valence-electron chi connectivity index (χ0n) is 16.3. The fraction of sp³-hybridized carbons (Fsp3) is 0.571. The van der Waals surface area contributed by atoms with Crippen molar-refractivity contribution in [2.24, 2.45) is 5.92 Å². The molecule has 6 nitrogen and oxygen atoms in total. The van der Waals surface area contributed by atoms with Crippen molar-refractivity contribution >= 4 is 28.5 Å². The molecular formula is C21H27IN4O2. The molecular weight excluding hydrogens is 467 g/mol. The van der Waals surface area contributed by atoms with Crippen LogP contribution in [-0.2, 0) is 17.9 Å². The molecule has 1 aromatic heterocycles. The van der Waals surface area contributed by atoms with Gasteiger partial charge in [0.15, 0.2) is 5.82 Å². The lowest BCUT2D eigenvalue weighted by Gasteiger charge is -2.23. The average molecular weight is 494 g/mol. The van der Waals surface area contributed by atoms with E-state index in [9.17, 15) is 4.79 Å². The van der Waals surface area contributed by atoms with Gasteiger partial charge in [0.2, 0.25) is 5.91 Å². The van der Waals surface area contributed by atoms with Gasteiger partial charge in [-0.05, 0) is 43.4 Å². The van der Waals surface area contributed by atoms with E-state index in [1.807, 2.05) is 22.8 Å². The van der Waals surface area contributed by atoms with Crippen molar-refractivity contribution in [3.8, 4) is 11.4 Å². The molecule has 1 aliphatic carbocycles. The largest absolute Gasteiger partial charge is 0.483 e. The van der Waals surface area contributed by atoms with Crippen molar-refractivity contribution in [3.05, 3.63) is 35.9 Å². The molecule has 2 unspecified atom stereocenters. The van der Waals surface area contributed by atoms with E-state index in [0.717, 1.165) is 48.5 Å². The number of amides is 1. The summed E-state index contributed by atoms with van der Waals surface area (Å²) in [6.07, 6.45) is 9.70. The van der Waals surface area contributed by atoms with Gasteiger partial charge in [-0.1, -0.05) is 54.8 Å². The Bertz CT molecular complexity index is 849. The third-order valence-electron chi connectivity index (χ3n) is 5.86. The molecule has 1 aromatic carbocycles. The maximum atomic E-state index is 12.8. The Labute approximate surface area is 179 Å².